The Morgan fingerprint density at radius 2 is 2.12 bits per heavy atom. The summed E-state index contributed by atoms with van der Waals surface area (Å²) in [6.07, 6.45) is 2.05. The van der Waals surface area contributed by atoms with E-state index in [0.29, 0.717) is 6.04 Å². The van der Waals surface area contributed by atoms with E-state index in [0.717, 1.165) is 25.2 Å². The summed E-state index contributed by atoms with van der Waals surface area (Å²) in [5.41, 5.74) is 7.73. The van der Waals surface area contributed by atoms with Gasteiger partial charge in [-0.3, -0.25) is 4.90 Å². The van der Waals surface area contributed by atoms with Crippen molar-refractivity contribution < 1.29 is 5.11 Å². The van der Waals surface area contributed by atoms with Gasteiger partial charge < -0.3 is 10.8 Å². The molecule has 1 saturated heterocycles. The van der Waals surface area contributed by atoms with Crippen molar-refractivity contribution in [2.75, 3.05) is 12.3 Å². The van der Waals surface area contributed by atoms with E-state index in [9.17, 15) is 5.11 Å². The molecular weight excluding hydrogens is 200 g/mol. The topological polar surface area (TPSA) is 49.5 Å². The van der Waals surface area contributed by atoms with Crippen LogP contribution in [0.5, 0.6) is 0 Å². The number of anilines is 1. The van der Waals surface area contributed by atoms with E-state index < -0.39 is 0 Å². The van der Waals surface area contributed by atoms with Gasteiger partial charge in [0.2, 0.25) is 0 Å². The molecule has 2 rings (SSSR count). The molecule has 0 amide bonds. The van der Waals surface area contributed by atoms with Crippen molar-refractivity contribution in [3.8, 4) is 0 Å². The number of aliphatic hydroxyl groups is 1. The fourth-order valence-corrected chi connectivity index (χ4v) is 2.45. The molecule has 1 unspecified atom stereocenters. The van der Waals surface area contributed by atoms with Gasteiger partial charge in [-0.2, -0.15) is 0 Å². The Balaban J connectivity index is 2.01. The molecule has 0 spiro atoms. The SMILES string of the molecule is C[C@H](O)C1CCCN1Cc1ccc(N)cc1. The second-order valence-corrected chi connectivity index (χ2v) is 4.66. The summed E-state index contributed by atoms with van der Waals surface area (Å²) in [4.78, 5) is 2.36. The zero-order valence-electron chi connectivity index (χ0n) is 9.76. The number of hydrogen-bond donors (Lipinski definition) is 2. The molecule has 0 saturated carbocycles. The molecule has 3 heteroatoms. The van der Waals surface area contributed by atoms with Crippen LogP contribution in [0.2, 0.25) is 0 Å². The highest BCUT2D eigenvalue weighted by Crippen LogP contribution is 2.22. The van der Waals surface area contributed by atoms with Gasteiger partial charge in [-0.15, -0.1) is 0 Å². The van der Waals surface area contributed by atoms with E-state index in [2.05, 4.69) is 17.0 Å². The van der Waals surface area contributed by atoms with E-state index in [1.807, 2.05) is 19.1 Å². The summed E-state index contributed by atoms with van der Waals surface area (Å²) < 4.78 is 0. The van der Waals surface area contributed by atoms with Gasteiger partial charge in [0.15, 0.2) is 0 Å². The molecule has 1 heterocycles. The predicted octanol–water partition coefficient (Wildman–Crippen LogP) is 1.61. The van der Waals surface area contributed by atoms with Crippen LogP contribution in [0.4, 0.5) is 5.69 Å². The minimum atomic E-state index is -0.240. The van der Waals surface area contributed by atoms with Gasteiger partial charge >= 0.3 is 0 Å². The number of nitrogen functional groups attached to an aromatic ring is 1. The predicted molar refractivity (Wildman–Crippen MR) is 66.0 cm³/mol. The highest BCUT2D eigenvalue weighted by molar-refractivity contribution is 5.39. The minimum Gasteiger partial charge on any atom is -0.399 e. The van der Waals surface area contributed by atoms with E-state index >= 15 is 0 Å². The van der Waals surface area contributed by atoms with Gasteiger partial charge in [0.05, 0.1) is 6.10 Å². The first-order valence-electron chi connectivity index (χ1n) is 5.93. The standard InChI is InChI=1S/C13H20N2O/c1-10(16)13-3-2-8-15(13)9-11-4-6-12(14)7-5-11/h4-7,10,13,16H,2-3,8-9,14H2,1H3/t10-,13?/m0/s1. The summed E-state index contributed by atoms with van der Waals surface area (Å²) in [6, 6.07) is 8.31. The summed E-state index contributed by atoms with van der Waals surface area (Å²) in [5, 5.41) is 9.68. The normalized spacial score (nSPS) is 23.5. The van der Waals surface area contributed by atoms with Crippen molar-refractivity contribution in [2.45, 2.75) is 38.5 Å². The van der Waals surface area contributed by atoms with Crippen LogP contribution >= 0.6 is 0 Å². The molecule has 0 bridgehead atoms. The lowest BCUT2D eigenvalue weighted by atomic mass is 10.1. The van der Waals surface area contributed by atoms with Crippen molar-refractivity contribution >= 4 is 5.69 Å². The Hall–Kier alpha value is -1.06. The summed E-state index contributed by atoms with van der Waals surface area (Å²) >= 11 is 0. The van der Waals surface area contributed by atoms with Gasteiger partial charge in [0, 0.05) is 18.3 Å². The summed E-state index contributed by atoms with van der Waals surface area (Å²) in [7, 11) is 0. The van der Waals surface area contributed by atoms with Gasteiger partial charge in [-0.05, 0) is 44.0 Å². The van der Waals surface area contributed by atoms with Crippen molar-refractivity contribution in [1.82, 2.24) is 4.90 Å². The van der Waals surface area contributed by atoms with Gasteiger partial charge in [0.25, 0.3) is 0 Å². The van der Waals surface area contributed by atoms with E-state index in [1.54, 1.807) is 0 Å². The second kappa shape index (κ2) is 4.85. The molecule has 16 heavy (non-hydrogen) atoms. The van der Waals surface area contributed by atoms with Gasteiger partial charge in [0.1, 0.15) is 0 Å². The third kappa shape index (κ3) is 2.54. The number of hydrogen-bond acceptors (Lipinski definition) is 3. The monoisotopic (exact) mass is 220 g/mol. The molecule has 3 nitrogen and oxygen atoms in total. The molecule has 0 aliphatic carbocycles. The maximum atomic E-state index is 9.68. The van der Waals surface area contributed by atoms with Crippen LogP contribution in [0.25, 0.3) is 0 Å². The number of rotatable bonds is 3. The van der Waals surface area contributed by atoms with Crippen molar-refractivity contribution in [2.24, 2.45) is 0 Å². The van der Waals surface area contributed by atoms with Gasteiger partial charge in [-0.25, -0.2) is 0 Å². The van der Waals surface area contributed by atoms with Crippen LogP contribution in [0, 0.1) is 0 Å². The van der Waals surface area contributed by atoms with Crippen LogP contribution < -0.4 is 5.73 Å². The molecule has 3 N–H and O–H groups in total. The van der Waals surface area contributed by atoms with Crippen LogP contribution in [-0.4, -0.2) is 28.7 Å². The zero-order chi connectivity index (χ0) is 11.5. The van der Waals surface area contributed by atoms with Crippen molar-refractivity contribution in [3.63, 3.8) is 0 Å². The Labute approximate surface area is 96.9 Å². The van der Waals surface area contributed by atoms with E-state index in [4.69, 9.17) is 5.73 Å². The fourth-order valence-electron chi connectivity index (χ4n) is 2.45. The number of nitrogens with zero attached hydrogens (tertiary/aromatic N) is 1. The molecule has 1 aliphatic rings. The Morgan fingerprint density at radius 1 is 1.44 bits per heavy atom. The van der Waals surface area contributed by atoms with Crippen LogP contribution in [0.1, 0.15) is 25.3 Å². The lowest BCUT2D eigenvalue weighted by Gasteiger charge is -2.26. The smallest absolute Gasteiger partial charge is 0.0667 e. The van der Waals surface area contributed by atoms with Crippen LogP contribution in [-0.2, 0) is 6.54 Å². The van der Waals surface area contributed by atoms with Crippen molar-refractivity contribution in [1.29, 1.82) is 0 Å². The zero-order valence-corrected chi connectivity index (χ0v) is 9.76. The molecule has 2 atom stereocenters. The lowest BCUT2D eigenvalue weighted by molar-refractivity contribution is 0.0828. The lowest BCUT2D eigenvalue weighted by Crippen LogP contribution is -2.36. The molecule has 88 valence electrons. The molecule has 1 fully saturated rings. The molecule has 1 aliphatic heterocycles. The third-order valence-electron chi connectivity index (χ3n) is 3.34. The quantitative estimate of drug-likeness (QED) is 0.761. The van der Waals surface area contributed by atoms with E-state index in [1.165, 1.54) is 12.0 Å². The highest BCUT2D eigenvalue weighted by atomic mass is 16.3. The van der Waals surface area contributed by atoms with E-state index in [-0.39, 0.29) is 6.10 Å². The summed E-state index contributed by atoms with van der Waals surface area (Å²) in [5.74, 6) is 0. The van der Waals surface area contributed by atoms with Gasteiger partial charge in [-0.1, -0.05) is 12.1 Å². The maximum absolute atomic E-state index is 9.68. The molecule has 1 aromatic carbocycles. The van der Waals surface area contributed by atoms with Crippen molar-refractivity contribution in [3.05, 3.63) is 29.8 Å². The Bertz CT molecular complexity index is 334. The molecule has 0 radical (unpaired) electrons. The van der Waals surface area contributed by atoms with Crippen LogP contribution in [0.3, 0.4) is 0 Å². The second-order valence-electron chi connectivity index (χ2n) is 4.66. The Morgan fingerprint density at radius 3 is 2.75 bits per heavy atom. The first kappa shape index (κ1) is 11.4. The summed E-state index contributed by atoms with van der Waals surface area (Å²) in [6.45, 7) is 3.88. The number of aliphatic hydroxyl groups excluding tert-OH is 1. The largest absolute Gasteiger partial charge is 0.399 e. The number of nitrogens with two attached hydrogens (primary N) is 1. The average Bonchev–Trinajstić information content (AvgIpc) is 2.69. The highest BCUT2D eigenvalue weighted by Gasteiger charge is 2.27. The average molecular weight is 220 g/mol. The minimum absolute atomic E-state index is 0.240. The Kier molecular flexibility index (Phi) is 3.46. The maximum Gasteiger partial charge on any atom is 0.0667 e. The first-order chi connectivity index (χ1) is 7.66. The third-order valence-corrected chi connectivity index (χ3v) is 3.34. The van der Waals surface area contributed by atoms with Crippen LogP contribution in [0.15, 0.2) is 24.3 Å². The number of benzene rings is 1. The molecular formula is C13H20N2O. The number of likely N-dealkylation sites (tertiary alicyclic amines) is 1. The molecule has 1 aromatic rings. The first-order valence-corrected chi connectivity index (χ1v) is 5.93. The molecule has 0 aromatic heterocycles. The fraction of sp³-hybridized carbons (Fsp3) is 0.538.